The van der Waals surface area contributed by atoms with E-state index in [1.807, 2.05) is 37.3 Å². The van der Waals surface area contributed by atoms with Gasteiger partial charge in [-0.15, -0.1) is 0 Å². The van der Waals surface area contributed by atoms with Crippen molar-refractivity contribution in [3.63, 3.8) is 0 Å². The van der Waals surface area contributed by atoms with E-state index in [0.717, 1.165) is 6.54 Å². The summed E-state index contributed by atoms with van der Waals surface area (Å²) in [6.07, 6.45) is -0.606. The van der Waals surface area contributed by atoms with Crippen LogP contribution in [0.5, 0.6) is 0 Å². The number of aliphatic hydroxyl groups excluding tert-OH is 1. The molecule has 0 aliphatic heterocycles. The minimum Gasteiger partial charge on any atom is -0.405 e. The van der Waals surface area contributed by atoms with Crippen LogP contribution >= 0.6 is 0 Å². The van der Waals surface area contributed by atoms with E-state index in [1.165, 1.54) is 15.9 Å². The third-order valence-corrected chi connectivity index (χ3v) is 10.9. The van der Waals surface area contributed by atoms with Crippen LogP contribution < -0.4 is 15.7 Å². The Morgan fingerprint density at radius 3 is 1.71 bits per heavy atom. The van der Waals surface area contributed by atoms with Gasteiger partial charge in [0, 0.05) is 12.6 Å². The van der Waals surface area contributed by atoms with Crippen LogP contribution in [0.3, 0.4) is 0 Å². The van der Waals surface area contributed by atoms with Crippen molar-refractivity contribution in [2.75, 3.05) is 6.61 Å². The highest BCUT2D eigenvalue weighted by atomic mass is 28.4. The maximum atomic E-state index is 11.0. The van der Waals surface area contributed by atoms with Gasteiger partial charge in [-0.25, -0.2) is 0 Å². The van der Waals surface area contributed by atoms with Crippen LogP contribution in [0.1, 0.15) is 33.3 Å². The highest BCUT2D eigenvalue weighted by Crippen LogP contribution is 2.36. The van der Waals surface area contributed by atoms with E-state index in [0.29, 0.717) is 0 Å². The van der Waals surface area contributed by atoms with Crippen molar-refractivity contribution in [3.05, 3.63) is 96.6 Å². The molecule has 0 aliphatic rings. The van der Waals surface area contributed by atoms with Gasteiger partial charge in [0.2, 0.25) is 0 Å². The lowest BCUT2D eigenvalue weighted by Crippen LogP contribution is -2.67. The Morgan fingerprint density at radius 1 is 0.806 bits per heavy atom. The molecule has 0 spiro atoms. The number of hydrogen-bond donors (Lipinski definition) is 2. The summed E-state index contributed by atoms with van der Waals surface area (Å²) in [5.74, 6) is 0. The van der Waals surface area contributed by atoms with Gasteiger partial charge >= 0.3 is 0 Å². The first-order valence-electron chi connectivity index (χ1n) is 11.0. The van der Waals surface area contributed by atoms with Crippen LogP contribution in [0, 0.1) is 0 Å². The summed E-state index contributed by atoms with van der Waals surface area (Å²) in [6, 6.07) is 31.3. The minimum atomic E-state index is -2.63. The molecule has 0 radical (unpaired) electrons. The average Bonchev–Trinajstić information content (AvgIpc) is 2.79. The first kappa shape index (κ1) is 23.4. The molecule has 164 valence electrons. The molecule has 0 saturated carbocycles. The van der Waals surface area contributed by atoms with Crippen LogP contribution in [-0.4, -0.2) is 32.2 Å². The van der Waals surface area contributed by atoms with Crippen LogP contribution in [-0.2, 0) is 11.0 Å². The zero-order valence-corrected chi connectivity index (χ0v) is 20.1. The zero-order chi connectivity index (χ0) is 22.3. The number of benzene rings is 3. The lowest BCUT2D eigenvalue weighted by atomic mass is 10.1. The lowest BCUT2D eigenvalue weighted by molar-refractivity contribution is 0.0738. The fourth-order valence-corrected chi connectivity index (χ4v) is 8.70. The Morgan fingerprint density at radius 2 is 1.26 bits per heavy atom. The van der Waals surface area contributed by atoms with Gasteiger partial charge in [-0.2, -0.15) is 0 Å². The normalized spacial score (nSPS) is 14.2. The molecule has 3 nitrogen and oxygen atoms in total. The van der Waals surface area contributed by atoms with E-state index in [2.05, 4.69) is 86.8 Å². The predicted octanol–water partition coefficient (Wildman–Crippen LogP) is 4.10. The fraction of sp³-hybridized carbons (Fsp3) is 0.333. The molecule has 0 heterocycles. The van der Waals surface area contributed by atoms with Gasteiger partial charge in [0.25, 0.3) is 8.32 Å². The van der Waals surface area contributed by atoms with Crippen molar-refractivity contribution in [1.29, 1.82) is 0 Å². The Bertz CT molecular complexity index is 871. The van der Waals surface area contributed by atoms with Crippen LogP contribution in [0.4, 0.5) is 0 Å². The molecular formula is C27H35NO2Si. The van der Waals surface area contributed by atoms with Gasteiger partial charge in [-0.05, 0) is 27.9 Å². The Kier molecular flexibility index (Phi) is 7.84. The molecular weight excluding hydrogens is 398 g/mol. The predicted molar refractivity (Wildman–Crippen MR) is 132 cm³/mol. The van der Waals surface area contributed by atoms with Gasteiger partial charge in [0.15, 0.2) is 0 Å². The SMILES string of the molecule is C[C@@H](NCc1ccccc1)[C@H](O)CO[Si](c1ccccc1)(c1ccccc1)C(C)(C)C. The van der Waals surface area contributed by atoms with Crippen LogP contribution in [0.25, 0.3) is 0 Å². The van der Waals surface area contributed by atoms with Crippen molar-refractivity contribution >= 4 is 18.7 Å². The Labute approximate surface area is 188 Å². The molecule has 0 bridgehead atoms. The molecule has 3 aromatic rings. The van der Waals surface area contributed by atoms with E-state index in [-0.39, 0.29) is 17.7 Å². The highest BCUT2D eigenvalue weighted by molar-refractivity contribution is 6.99. The smallest absolute Gasteiger partial charge is 0.261 e. The number of rotatable bonds is 9. The number of aliphatic hydroxyl groups is 1. The monoisotopic (exact) mass is 433 g/mol. The van der Waals surface area contributed by atoms with Crippen molar-refractivity contribution in [3.8, 4) is 0 Å². The lowest BCUT2D eigenvalue weighted by Gasteiger charge is -2.43. The van der Waals surface area contributed by atoms with Crippen LogP contribution in [0.2, 0.25) is 5.04 Å². The molecule has 31 heavy (non-hydrogen) atoms. The summed E-state index contributed by atoms with van der Waals surface area (Å²) >= 11 is 0. The number of hydrogen-bond acceptors (Lipinski definition) is 3. The second-order valence-electron chi connectivity index (χ2n) is 9.20. The van der Waals surface area contributed by atoms with E-state index in [1.54, 1.807) is 0 Å². The van der Waals surface area contributed by atoms with E-state index in [4.69, 9.17) is 4.43 Å². The molecule has 0 unspecified atom stereocenters. The number of nitrogens with one attached hydrogen (secondary N) is 1. The standard InChI is InChI=1S/C27H35NO2Si/c1-22(28-20-23-14-8-5-9-15-23)26(29)21-30-31(27(2,3)4,24-16-10-6-11-17-24)25-18-12-7-13-19-25/h5-19,22,26,28-29H,20-21H2,1-4H3/t22-,26-/m1/s1. The summed E-state index contributed by atoms with van der Waals surface area (Å²) in [5.41, 5.74) is 1.20. The quantitative estimate of drug-likeness (QED) is 0.499. The second-order valence-corrected chi connectivity index (χ2v) is 13.5. The van der Waals surface area contributed by atoms with Gasteiger partial charge in [0.1, 0.15) is 0 Å². The van der Waals surface area contributed by atoms with Gasteiger partial charge < -0.3 is 14.8 Å². The molecule has 0 amide bonds. The summed E-state index contributed by atoms with van der Waals surface area (Å²) in [6.45, 7) is 9.78. The van der Waals surface area contributed by atoms with Crippen molar-refractivity contribution in [2.45, 2.75) is 51.4 Å². The first-order chi connectivity index (χ1) is 14.8. The Balaban J connectivity index is 1.82. The topological polar surface area (TPSA) is 41.5 Å². The van der Waals surface area contributed by atoms with Crippen molar-refractivity contribution < 1.29 is 9.53 Å². The summed E-state index contributed by atoms with van der Waals surface area (Å²) in [7, 11) is -2.63. The van der Waals surface area contributed by atoms with E-state index >= 15 is 0 Å². The maximum absolute atomic E-state index is 11.0. The molecule has 0 aromatic heterocycles. The van der Waals surface area contributed by atoms with Crippen LogP contribution in [0.15, 0.2) is 91.0 Å². The second kappa shape index (κ2) is 10.4. The van der Waals surface area contributed by atoms with E-state index in [9.17, 15) is 5.11 Å². The zero-order valence-electron chi connectivity index (χ0n) is 19.1. The molecule has 2 N–H and O–H groups in total. The first-order valence-corrected chi connectivity index (χ1v) is 13.0. The third kappa shape index (κ3) is 5.52. The fourth-order valence-electron chi connectivity index (χ4n) is 4.13. The molecule has 3 rings (SSSR count). The molecule has 3 aromatic carbocycles. The van der Waals surface area contributed by atoms with Crippen molar-refractivity contribution in [1.82, 2.24) is 5.32 Å². The van der Waals surface area contributed by atoms with Gasteiger partial charge in [-0.3, -0.25) is 0 Å². The van der Waals surface area contributed by atoms with Gasteiger partial charge in [0.05, 0.1) is 12.7 Å². The summed E-state index contributed by atoms with van der Waals surface area (Å²) in [4.78, 5) is 0. The third-order valence-electron chi connectivity index (χ3n) is 5.94. The largest absolute Gasteiger partial charge is 0.405 e. The molecule has 4 heteroatoms. The Hall–Kier alpha value is -2.24. The summed E-state index contributed by atoms with van der Waals surface area (Å²) < 4.78 is 6.85. The minimum absolute atomic E-state index is 0.0848. The highest BCUT2D eigenvalue weighted by Gasteiger charge is 2.50. The van der Waals surface area contributed by atoms with E-state index < -0.39 is 14.4 Å². The maximum Gasteiger partial charge on any atom is 0.261 e. The molecule has 0 aliphatic carbocycles. The molecule has 0 fully saturated rings. The van der Waals surface area contributed by atoms with Crippen molar-refractivity contribution in [2.24, 2.45) is 0 Å². The van der Waals surface area contributed by atoms with Gasteiger partial charge in [-0.1, -0.05) is 112 Å². The summed E-state index contributed by atoms with van der Waals surface area (Å²) in [5, 5.41) is 16.7. The molecule has 2 atom stereocenters. The average molecular weight is 434 g/mol. The molecule has 0 saturated heterocycles.